The fourth-order valence-corrected chi connectivity index (χ4v) is 0.600. The minimum absolute atomic E-state index is 0.0475. The lowest BCUT2D eigenvalue weighted by Crippen LogP contribution is -2.35. The summed E-state index contributed by atoms with van der Waals surface area (Å²) in [5, 5.41) is 10.9. The van der Waals surface area contributed by atoms with Crippen LogP contribution < -0.4 is 5.32 Å². The van der Waals surface area contributed by atoms with E-state index in [-0.39, 0.29) is 12.2 Å². The molecule has 0 aromatic carbocycles. The second-order valence-corrected chi connectivity index (χ2v) is 2.09. The molecule has 2 N–H and O–H groups in total. The molecule has 0 aliphatic carbocycles. The van der Waals surface area contributed by atoms with Crippen LogP contribution in [0.1, 0.15) is 13.3 Å². The van der Waals surface area contributed by atoms with Crippen LogP contribution in [0.5, 0.6) is 0 Å². The number of hydrogen-bond donors (Lipinski definition) is 2. The van der Waals surface area contributed by atoms with E-state index in [4.69, 9.17) is 5.11 Å². The van der Waals surface area contributed by atoms with Gasteiger partial charge in [-0.2, -0.15) is 0 Å². The summed E-state index contributed by atoms with van der Waals surface area (Å²) in [6, 6.07) is -0.738. The van der Waals surface area contributed by atoms with Crippen LogP contribution >= 0.6 is 0 Å². The number of carbonyl (C=O) groups is 2. The Bertz CT molecular complexity index is 144. The van der Waals surface area contributed by atoms with Gasteiger partial charge in [0, 0.05) is 6.42 Å². The number of Topliss-reactive ketones (excluding diaryl/α,β-unsaturated/α-hetero) is 1. The van der Waals surface area contributed by atoms with E-state index in [9.17, 15) is 9.59 Å². The van der Waals surface area contributed by atoms with Gasteiger partial charge in [-0.3, -0.25) is 9.59 Å². The van der Waals surface area contributed by atoms with Crippen molar-refractivity contribution in [3.05, 3.63) is 0 Å². The van der Waals surface area contributed by atoms with Gasteiger partial charge in [-0.05, 0) is 14.0 Å². The maximum Gasteiger partial charge on any atom is 0.321 e. The van der Waals surface area contributed by atoms with Crippen LogP contribution in [0.4, 0.5) is 0 Å². The first-order valence-corrected chi connectivity index (χ1v) is 2.97. The first-order chi connectivity index (χ1) is 4.57. The average molecular weight is 145 g/mol. The molecule has 0 aromatic heterocycles. The zero-order valence-electron chi connectivity index (χ0n) is 6.05. The third-order valence-corrected chi connectivity index (χ3v) is 1.14. The topological polar surface area (TPSA) is 66.4 Å². The Morgan fingerprint density at radius 1 is 1.60 bits per heavy atom. The lowest BCUT2D eigenvalue weighted by Gasteiger charge is -2.06. The van der Waals surface area contributed by atoms with E-state index in [1.165, 1.54) is 14.0 Å². The number of nitrogens with one attached hydrogen (secondary N) is 1. The van der Waals surface area contributed by atoms with Gasteiger partial charge in [-0.15, -0.1) is 0 Å². The quantitative estimate of drug-likeness (QED) is 0.566. The number of carboxylic acids is 1. The first-order valence-electron chi connectivity index (χ1n) is 2.97. The predicted octanol–water partition coefficient (Wildman–Crippen LogP) is -0.362. The summed E-state index contributed by atoms with van der Waals surface area (Å²) in [6.07, 6.45) is 0.0475. The summed E-state index contributed by atoms with van der Waals surface area (Å²) in [5.74, 6) is -1.11. The zero-order valence-corrected chi connectivity index (χ0v) is 6.05. The Balaban J connectivity index is 3.83. The maximum atomic E-state index is 10.4. The molecule has 0 saturated heterocycles. The molecule has 0 bridgehead atoms. The van der Waals surface area contributed by atoms with Crippen molar-refractivity contribution in [1.29, 1.82) is 0 Å². The minimum atomic E-state index is -0.988. The SMILES string of the molecule is CN[C@@H](CC(C)=O)C(=O)O. The van der Waals surface area contributed by atoms with E-state index < -0.39 is 12.0 Å². The molecule has 10 heavy (non-hydrogen) atoms. The molecule has 0 amide bonds. The molecule has 4 heteroatoms. The molecule has 1 atom stereocenters. The Kier molecular flexibility index (Phi) is 3.64. The number of hydrogen-bond acceptors (Lipinski definition) is 3. The van der Waals surface area contributed by atoms with Crippen LogP contribution in [-0.4, -0.2) is 29.9 Å². The van der Waals surface area contributed by atoms with E-state index in [2.05, 4.69) is 5.32 Å². The molecule has 0 aliphatic rings. The lowest BCUT2D eigenvalue weighted by molar-refractivity contribution is -0.140. The number of ketones is 1. The van der Waals surface area contributed by atoms with Gasteiger partial charge in [-0.25, -0.2) is 0 Å². The summed E-state index contributed by atoms with van der Waals surface area (Å²) in [6.45, 7) is 1.37. The van der Waals surface area contributed by atoms with Gasteiger partial charge in [0.2, 0.25) is 0 Å². The lowest BCUT2D eigenvalue weighted by atomic mass is 10.1. The van der Waals surface area contributed by atoms with E-state index in [1.54, 1.807) is 0 Å². The minimum Gasteiger partial charge on any atom is -0.480 e. The molecule has 4 nitrogen and oxygen atoms in total. The Labute approximate surface area is 59.2 Å². The highest BCUT2D eigenvalue weighted by molar-refractivity contribution is 5.84. The van der Waals surface area contributed by atoms with Crippen LogP contribution in [0.2, 0.25) is 0 Å². The number of rotatable bonds is 4. The zero-order chi connectivity index (χ0) is 8.15. The van der Waals surface area contributed by atoms with Gasteiger partial charge in [0.1, 0.15) is 11.8 Å². The van der Waals surface area contributed by atoms with Crippen molar-refractivity contribution in [3.63, 3.8) is 0 Å². The monoisotopic (exact) mass is 145 g/mol. The highest BCUT2D eigenvalue weighted by atomic mass is 16.4. The van der Waals surface area contributed by atoms with Crippen molar-refractivity contribution in [1.82, 2.24) is 5.32 Å². The van der Waals surface area contributed by atoms with E-state index >= 15 is 0 Å². The molecule has 0 rings (SSSR count). The van der Waals surface area contributed by atoms with E-state index in [0.29, 0.717) is 0 Å². The Hall–Kier alpha value is -0.900. The third kappa shape index (κ3) is 3.19. The predicted molar refractivity (Wildman–Crippen MR) is 35.8 cm³/mol. The van der Waals surface area contributed by atoms with Gasteiger partial charge >= 0.3 is 5.97 Å². The molecule has 0 saturated carbocycles. The average Bonchev–Trinajstić information content (AvgIpc) is 1.81. The molecule has 0 radical (unpaired) electrons. The largest absolute Gasteiger partial charge is 0.480 e. The summed E-state index contributed by atoms with van der Waals surface area (Å²) < 4.78 is 0. The van der Waals surface area contributed by atoms with Crippen LogP contribution in [0.3, 0.4) is 0 Å². The van der Waals surface area contributed by atoms with Crippen LogP contribution in [0.25, 0.3) is 0 Å². The second kappa shape index (κ2) is 4.00. The smallest absolute Gasteiger partial charge is 0.321 e. The standard InChI is InChI=1S/C6H11NO3/c1-4(8)3-5(7-2)6(9)10/h5,7H,3H2,1-2H3,(H,9,10)/t5-/m0/s1. The van der Waals surface area contributed by atoms with Crippen molar-refractivity contribution in [3.8, 4) is 0 Å². The number of carbonyl (C=O) groups excluding carboxylic acids is 1. The Morgan fingerprint density at radius 2 is 2.10 bits per heavy atom. The van der Waals surface area contributed by atoms with Crippen LogP contribution in [0, 0.1) is 0 Å². The Morgan fingerprint density at radius 3 is 2.20 bits per heavy atom. The van der Waals surface area contributed by atoms with Crippen molar-refractivity contribution in [2.75, 3.05) is 7.05 Å². The van der Waals surface area contributed by atoms with Crippen LogP contribution in [0.15, 0.2) is 0 Å². The molecule has 0 unspecified atom stereocenters. The summed E-state index contributed by atoms with van der Waals surface area (Å²) in [4.78, 5) is 20.7. The van der Waals surface area contributed by atoms with Gasteiger partial charge in [0.05, 0.1) is 0 Å². The summed E-state index contributed by atoms with van der Waals surface area (Å²) in [7, 11) is 1.52. The van der Waals surface area contributed by atoms with Crippen molar-refractivity contribution in [2.45, 2.75) is 19.4 Å². The van der Waals surface area contributed by atoms with Crippen molar-refractivity contribution >= 4 is 11.8 Å². The fourth-order valence-electron chi connectivity index (χ4n) is 0.600. The highest BCUT2D eigenvalue weighted by Gasteiger charge is 2.15. The molecular weight excluding hydrogens is 134 g/mol. The molecule has 0 heterocycles. The molecule has 0 spiro atoms. The molecule has 0 fully saturated rings. The van der Waals surface area contributed by atoms with Gasteiger partial charge in [0.15, 0.2) is 0 Å². The van der Waals surface area contributed by atoms with Gasteiger partial charge < -0.3 is 10.4 Å². The first kappa shape index (κ1) is 9.10. The van der Waals surface area contributed by atoms with Gasteiger partial charge in [-0.1, -0.05) is 0 Å². The summed E-state index contributed by atoms with van der Waals surface area (Å²) >= 11 is 0. The molecule has 58 valence electrons. The number of carboxylic acid groups (broad SMARTS) is 1. The number of likely N-dealkylation sites (N-methyl/N-ethyl adjacent to an activating group) is 1. The summed E-state index contributed by atoms with van der Waals surface area (Å²) in [5.41, 5.74) is 0. The molecule has 0 aliphatic heterocycles. The van der Waals surface area contributed by atoms with Gasteiger partial charge in [0.25, 0.3) is 0 Å². The fraction of sp³-hybridized carbons (Fsp3) is 0.667. The second-order valence-electron chi connectivity index (χ2n) is 2.09. The number of aliphatic carboxylic acids is 1. The van der Waals surface area contributed by atoms with E-state index in [0.717, 1.165) is 0 Å². The molecular formula is C6H11NO3. The highest BCUT2D eigenvalue weighted by Crippen LogP contribution is 1.91. The molecule has 0 aromatic rings. The van der Waals surface area contributed by atoms with Crippen molar-refractivity contribution < 1.29 is 14.7 Å². The van der Waals surface area contributed by atoms with E-state index in [1.807, 2.05) is 0 Å². The van der Waals surface area contributed by atoms with Crippen LogP contribution in [-0.2, 0) is 9.59 Å². The maximum absolute atomic E-state index is 10.4. The third-order valence-electron chi connectivity index (χ3n) is 1.14. The normalized spacial score (nSPS) is 12.6. The van der Waals surface area contributed by atoms with Crippen molar-refractivity contribution in [2.24, 2.45) is 0 Å².